The molecule has 1 unspecified atom stereocenters. The largest absolute Gasteiger partial charge is 0.378 e. The van der Waals surface area contributed by atoms with Crippen LogP contribution in [0.5, 0.6) is 0 Å². The quantitative estimate of drug-likeness (QED) is 0.454. The minimum absolute atomic E-state index is 0.350. The fourth-order valence-electron chi connectivity index (χ4n) is 4.24. The Bertz CT molecular complexity index is 553. The molecule has 2 aliphatic rings. The molecular formula is C19H38N4O3S. The predicted octanol–water partition coefficient (Wildman–Crippen LogP) is 1.81. The van der Waals surface area contributed by atoms with Crippen LogP contribution >= 0.6 is 0 Å². The standard InChI is InChI=1S/C19H38N4O3S/c1-4-26-18(17-7-5-6-8-17)9-12-21-19(20-2)22-15-16-10-13-23(14-11-16)27(3,24)25/h16-18H,4-15H2,1-3H3,(H2,20,21,22). The molecule has 1 saturated carbocycles. The lowest BCUT2D eigenvalue weighted by molar-refractivity contribution is 0.0169. The molecule has 1 aliphatic carbocycles. The van der Waals surface area contributed by atoms with Crippen molar-refractivity contribution in [3.8, 4) is 0 Å². The Kier molecular flexibility index (Phi) is 9.32. The molecule has 1 heterocycles. The first-order valence-corrected chi connectivity index (χ1v) is 12.3. The van der Waals surface area contributed by atoms with Gasteiger partial charge in [0.05, 0.1) is 12.4 Å². The molecule has 0 aromatic carbocycles. The predicted molar refractivity (Wildman–Crippen MR) is 110 cm³/mol. The van der Waals surface area contributed by atoms with Gasteiger partial charge in [-0.05, 0) is 50.9 Å². The van der Waals surface area contributed by atoms with Crippen LogP contribution in [0.4, 0.5) is 0 Å². The lowest BCUT2D eigenvalue weighted by Gasteiger charge is -2.30. The van der Waals surface area contributed by atoms with Crippen molar-refractivity contribution >= 4 is 16.0 Å². The maximum atomic E-state index is 11.6. The average molecular weight is 403 g/mol. The summed E-state index contributed by atoms with van der Waals surface area (Å²) in [4.78, 5) is 4.31. The Morgan fingerprint density at radius 2 is 1.85 bits per heavy atom. The van der Waals surface area contributed by atoms with Crippen LogP contribution in [-0.2, 0) is 14.8 Å². The summed E-state index contributed by atoms with van der Waals surface area (Å²) in [6.45, 7) is 5.77. The van der Waals surface area contributed by atoms with Gasteiger partial charge < -0.3 is 15.4 Å². The molecule has 2 fully saturated rings. The van der Waals surface area contributed by atoms with E-state index in [4.69, 9.17) is 4.74 Å². The Hall–Kier alpha value is -0.860. The first-order chi connectivity index (χ1) is 12.9. The minimum Gasteiger partial charge on any atom is -0.378 e. The SMILES string of the molecule is CCOC(CCNC(=NC)NCC1CCN(S(C)(=O)=O)CC1)C1CCCC1. The number of hydrogen-bond acceptors (Lipinski definition) is 4. The molecule has 0 aromatic heterocycles. The van der Waals surface area contributed by atoms with Crippen molar-refractivity contribution < 1.29 is 13.2 Å². The number of sulfonamides is 1. The van der Waals surface area contributed by atoms with E-state index in [0.29, 0.717) is 31.0 Å². The number of ether oxygens (including phenoxy) is 1. The lowest BCUT2D eigenvalue weighted by Crippen LogP contribution is -2.44. The maximum Gasteiger partial charge on any atom is 0.211 e. The molecule has 2 N–H and O–H groups in total. The number of aliphatic imine (C=N–C) groups is 1. The van der Waals surface area contributed by atoms with Gasteiger partial charge >= 0.3 is 0 Å². The third kappa shape index (κ3) is 7.58. The topological polar surface area (TPSA) is 83.0 Å². The zero-order valence-corrected chi connectivity index (χ0v) is 18.1. The second-order valence-electron chi connectivity index (χ2n) is 7.81. The molecular weight excluding hydrogens is 364 g/mol. The molecule has 158 valence electrons. The highest BCUT2D eigenvalue weighted by Crippen LogP contribution is 2.30. The van der Waals surface area contributed by atoms with E-state index in [9.17, 15) is 8.42 Å². The summed E-state index contributed by atoms with van der Waals surface area (Å²) in [6.07, 6.45) is 9.70. The van der Waals surface area contributed by atoms with Gasteiger partial charge in [-0.15, -0.1) is 0 Å². The molecule has 0 aromatic rings. The van der Waals surface area contributed by atoms with Crippen molar-refractivity contribution in [2.24, 2.45) is 16.8 Å². The highest BCUT2D eigenvalue weighted by molar-refractivity contribution is 7.88. The van der Waals surface area contributed by atoms with Gasteiger partial charge in [0, 0.05) is 39.8 Å². The van der Waals surface area contributed by atoms with Crippen molar-refractivity contribution in [3.05, 3.63) is 0 Å². The molecule has 27 heavy (non-hydrogen) atoms. The summed E-state index contributed by atoms with van der Waals surface area (Å²) in [5.41, 5.74) is 0. The molecule has 7 nitrogen and oxygen atoms in total. The third-order valence-corrected chi connectivity index (χ3v) is 7.16. The number of guanidine groups is 1. The van der Waals surface area contributed by atoms with Crippen molar-refractivity contribution in [3.63, 3.8) is 0 Å². The number of nitrogens with zero attached hydrogens (tertiary/aromatic N) is 2. The lowest BCUT2D eigenvalue weighted by atomic mass is 9.98. The summed E-state index contributed by atoms with van der Waals surface area (Å²) in [7, 11) is -1.26. The van der Waals surface area contributed by atoms with Crippen LogP contribution in [0, 0.1) is 11.8 Å². The first-order valence-electron chi connectivity index (χ1n) is 10.4. The molecule has 8 heteroatoms. The van der Waals surface area contributed by atoms with Crippen molar-refractivity contribution in [1.29, 1.82) is 0 Å². The normalized spacial score (nSPS) is 22.1. The third-order valence-electron chi connectivity index (χ3n) is 5.85. The van der Waals surface area contributed by atoms with Gasteiger partial charge in [-0.25, -0.2) is 12.7 Å². The van der Waals surface area contributed by atoms with Gasteiger partial charge in [0.2, 0.25) is 10.0 Å². The Labute approximate surface area is 165 Å². The van der Waals surface area contributed by atoms with Crippen LogP contribution in [0.2, 0.25) is 0 Å². The number of nitrogens with one attached hydrogen (secondary N) is 2. The van der Waals surface area contributed by atoms with Crippen molar-refractivity contribution in [2.45, 2.75) is 58.0 Å². The molecule has 1 atom stereocenters. The number of hydrogen-bond donors (Lipinski definition) is 2. The Balaban J connectivity index is 1.67. The van der Waals surface area contributed by atoms with Crippen LogP contribution in [0.15, 0.2) is 4.99 Å². The first kappa shape index (κ1) is 22.4. The van der Waals surface area contributed by atoms with Gasteiger partial charge in [0.1, 0.15) is 0 Å². The molecule has 0 spiro atoms. The number of piperidine rings is 1. The Morgan fingerprint density at radius 1 is 1.19 bits per heavy atom. The second kappa shape index (κ2) is 11.2. The maximum absolute atomic E-state index is 11.6. The van der Waals surface area contributed by atoms with E-state index < -0.39 is 10.0 Å². The van der Waals surface area contributed by atoms with Gasteiger partial charge in [-0.3, -0.25) is 4.99 Å². The molecule has 2 rings (SSSR count). The minimum atomic E-state index is -3.05. The van der Waals surface area contributed by atoms with Gasteiger partial charge in [-0.2, -0.15) is 0 Å². The van der Waals surface area contributed by atoms with Gasteiger partial charge in [0.25, 0.3) is 0 Å². The summed E-state index contributed by atoms with van der Waals surface area (Å²) < 4.78 is 30.7. The van der Waals surface area contributed by atoms with E-state index in [0.717, 1.165) is 44.9 Å². The summed E-state index contributed by atoms with van der Waals surface area (Å²) in [5, 5.41) is 6.81. The van der Waals surface area contributed by atoms with E-state index in [2.05, 4.69) is 22.5 Å². The summed E-state index contributed by atoms with van der Waals surface area (Å²) in [5.74, 6) is 2.01. The van der Waals surface area contributed by atoms with Crippen molar-refractivity contribution in [2.75, 3.05) is 46.1 Å². The van der Waals surface area contributed by atoms with Crippen LogP contribution in [0.25, 0.3) is 0 Å². The highest BCUT2D eigenvalue weighted by atomic mass is 32.2. The highest BCUT2D eigenvalue weighted by Gasteiger charge is 2.26. The Morgan fingerprint density at radius 3 is 2.41 bits per heavy atom. The van der Waals surface area contributed by atoms with Crippen LogP contribution in [-0.4, -0.2) is 70.9 Å². The fraction of sp³-hybridized carbons (Fsp3) is 0.947. The molecule has 1 saturated heterocycles. The monoisotopic (exact) mass is 402 g/mol. The summed E-state index contributed by atoms with van der Waals surface area (Å²) in [6, 6.07) is 0. The molecule has 0 radical (unpaired) electrons. The van der Waals surface area contributed by atoms with E-state index in [1.165, 1.54) is 31.9 Å². The van der Waals surface area contributed by atoms with E-state index in [1.807, 2.05) is 0 Å². The van der Waals surface area contributed by atoms with Crippen LogP contribution < -0.4 is 10.6 Å². The average Bonchev–Trinajstić information content (AvgIpc) is 3.18. The van der Waals surface area contributed by atoms with E-state index >= 15 is 0 Å². The molecule has 0 amide bonds. The zero-order chi connectivity index (χ0) is 19.7. The van der Waals surface area contributed by atoms with Gasteiger partial charge in [-0.1, -0.05) is 12.8 Å². The van der Waals surface area contributed by atoms with Crippen molar-refractivity contribution in [1.82, 2.24) is 14.9 Å². The summed E-state index contributed by atoms with van der Waals surface area (Å²) >= 11 is 0. The second-order valence-corrected chi connectivity index (χ2v) is 9.79. The van der Waals surface area contributed by atoms with Crippen LogP contribution in [0.1, 0.15) is 51.9 Å². The smallest absolute Gasteiger partial charge is 0.211 e. The van der Waals surface area contributed by atoms with Gasteiger partial charge in [0.15, 0.2) is 5.96 Å². The molecule has 0 bridgehead atoms. The zero-order valence-electron chi connectivity index (χ0n) is 17.2. The van der Waals surface area contributed by atoms with Crippen LogP contribution in [0.3, 0.4) is 0 Å². The number of rotatable bonds is 9. The van der Waals surface area contributed by atoms with E-state index in [-0.39, 0.29) is 0 Å². The molecule has 1 aliphatic heterocycles. The van der Waals surface area contributed by atoms with E-state index in [1.54, 1.807) is 11.4 Å². The fourth-order valence-corrected chi connectivity index (χ4v) is 5.11.